The summed E-state index contributed by atoms with van der Waals surface area (Å²) in [6.45, 7) is 5.97. The fraction of sp³-hybridized carbons (Fsp3) is 0.304. The van der Waals surface area contributed by atoms with Crippen molar-refractivity contribution in [3.8, 4) is 6.07 Å². The molecule has 2 heterocycles. The molecule has 0 radical (unpaired) electrons. The third-order valence-electron chi connectivity index (χ3n) is 5.81. The van der Waals surface area contributed by atoms with Gasteiger partial charge in [0.25, 0.3) is 5.69 Å². The van der Waals surface area contributed by atoms with E-state index >= 15 is 0 Å². The molecule has 0 fully saturated rings. The van der Waals surface area contributed by atoms with E-state index in [9.17, 15) is 20.2 Å². The van der Waals surface area contributed by atoms with Gasteiger partial charge in [-0.25, -0.2) is 0 Å². The Labute approximate surface area is 194 Å². The van der Waals surface area contributed by atoms with Crippen LogP contribution in [0.15, 0.2) is 53.0 Å². The first-order valence-corrected chi connectivity index (χ1v) is 11.2. The molecule has 2 aromatic rings. The molecule has 0 bridgehead atoms. The molecule has 1 unspecified atom stereocenters. The van der Waals surface area contributed by atoms with Gasteiger partial charge in [-0.3, -0.25) is 19.8 Å². The number of thiophene rings is 1. The maximum absolute atomic E-state index is 13.4. The van der Waals surface area contributed by atoms with Crippen molar-refractivity contribution in [3.05, 3.63) is 77.9 Å². The second-order valence-corrected chi connectivity index (χ2v) is 10.5. The minimum absolute atomic E-state index is 0.00000730. The highest BCUT2D eigenvalue weighted by Crippen LogP contribution is 2.51. The van der Waals surface area contributed by atoms with E-state index in [4.69, 9.17) is 17.3 Å². The van der Waals surface area contributed by atoms with Gasteiger partial charge in [0.1, 0.15) is 10.8 Å². The van der Waals surface area contributed by atoms with E-state index in [0.29, 0.717) is 29.8 Å². The number of anilines is 1. The fourth-order valence-electron chi connectivity index (χ4n) is 4.48. The van der Waals surface area contributed by atoms with Crippen molar-refractivity contribution in [1.29, 1.82) is 5.26 Å². The Morgan fingerprint density at radius 1 is 1.31 bits per heavy atom. The summed E-state index contributed by atoms with van der Waals surface area (Å²) in [7, 11) is 0. The van der Waals surface area contributed by atoms with Crippen LogP contribution >= 0.6 is 22.9 Å². The minimum atomic E-state index is -0.566. The highest BCUT2D eigenvalue weighted by atomic mass is 35.5. The van der Waals surface area contributed by atoms with E-state index in [2.05, 4.69) is 6.07 Å². The molecule has 1 aliphatic heterocycles. The predicted molar refractivity (Wildman–Crippen MR) is 124 cm³/mol. The number of halogens is 1. The van der Waals surface area contributed by atoms with Crippen molar-refractivity contribution in [2.24, 2.45) is 11.1 Å². The quantitative estimate of drug-likeness (QED) is 0.466. The number of hydrogen-bond acceptors (Lipinski definition) is 7. The summed E-state index contributed by atoms with van der Waals surface area (Å²) in [6.07, 6.45) is 0.880. The van der Waals surface area contributed by atoms with Gasteiger partial charge < -0.3 is 5.73 Å². The maximum Gasteiger partial charge on any atom is 0.289 e. The number of nitro groups is 1. The van der Waals surface area contributed by atoms with Gasteiger partial charge >= 0.3 is 0 Å². The Kier molecular flexibility index (Phi) is 5.35. The van der Waals surface area contributed by atoms with E-state index in [1.54, 1.807) is 11.0 Å². The number of rotatable bonds is 3. The largest absolute Gasteiger partial charge is 0.384 e. The Balaban J connectivity index is 2.01. The summed E-state index contributed by atoms with van der Waals surface area (Å²) < 4.78 is 0. The van der Waals surface area contributed by atoms with Crippen LogP contribution in [0.5, 0.6) is 0 Å². The smallest absolute Gasteiger partial charge is 0.289 e. The van der Waals surface area contributed by atoms with Gasteiger partial charge in [0, 0.05) is 33.5 Å². The summed E-state index contributed by atoms with van der Waals surface area (Å²) in [5.74, 6) is -0.415. The van der Waals surface area contributed by atoms with Crippen molar-refractivity contribution in [3.63, 3.8) is 0 Å². The summed E-state index contributed by atoms with van der Waals surface area (Å²) in [5.41, 5.74) is 7.82. The number of carbonyl (C=O) groups excluding carboxylic acids is 1. The monoisotopic (exact) mass is 468 g/mol. The number of nitriles is 1. The molecule has 2 N–H and O–H groups in total. The molecule has 7 nitrogen and oxygen atoms in total. The Hall–Kier alpha value is -3.15. The summed E-state index contributed by atoms with van der Waals surface area (Å²) in [4.78, 5) is 27.9. The molecule has 32 heavy (non-hydrogen) atoms. The average Bonchev–Trinajstić information content (AvgIpc) is 3.12. The predicted octanol–water partition coefficient (Wildman–Crippen LogP) is 5.56. The van der Waals surface area contributed by atoms with E-state index in [0.717, 1.165) is 9.75 Å². The molecule has 1 aromatic heterocycles. The highest BCUT2D eigenvalue weighted by Gasteiger charge is 2.45. The van der Waals surface area contributed by atoms with Crippen LogP contribution in [0.3, 0.4) is 0 Å². The van der Waals surface area contributed by atoms with Gasteiger partial charge in [-0.2, -0.15) is 5.26 Å². The van der Waals surface area contributed by atoms with Crippen LogP contribution in [-0.4, -0.2) is 10.7 Å². The Bertz CT molecular complexity index is 1270. The number of nitro benzene ring substituents is 1. The molecule has 0 amide bonds. The van der Waals surface area contributed by atoms with E-state index in [1.807, 2.05) is 32.9 Å². The second-order valence-electron chi connectivity index (χ2n) is 8.82. The molecule has 2 aliphatic rings. The van der Waals surface area contributed by atoms with Gasteiger partial charge in [0.2, 0.25) is 0 Å². The fourth-order valence-corrected chi connectivity index (χ4v) is 5.66. The van der Waals surface area contributed by atoms with Crippen molar-refractivity contribution < 1.29 is 9.72 Å². The third-order valence-corrected chi connectivity index (χ3v) is 7.20. The molecule has 1 aromatic carbocycles. The first-order valence-electron chi connectivity index (χ1n) is 10.0. The molecular formula is C23H21ClN4O3S. The topological polar surface area (TPSA) is 113 Å². The number of nitrogens with zero attached hydrogens (tertiary/aromatic N) is 3. The molecule has 1 aliphatic carbocycles. The van der Waals surface area contributed by atoms with Crippen molar-refractivity contribution in [2.75, 3.05) is 4.90 Å². The molecule has 9 heteroatoms. The SMILES string of the molecule is Cc1ccc(C2C(C#N)=C(N)N(c3ccc(Cl)c([N+](=O)[O-])c3)C3=C2C(=O)CC(C)(C)C3)s1. The van der Waals surface area contributed by atoms with Gasteiger partial charge in [0.05, 0.1) is 28.2 Å². The zero-order chi connectivity index (χ0) is 23.4. The molecule has 0 saturated heterocycles. The maximum atomic E-state index is 13.4. The average molecular weight is 469 g/mol. The Morgan fingerprint density at radius 2 is 2.03 bits per heavy atom. The molecule has 0 spiro atoms. The number of allylic oxidation sites excluding steroid dienone is 3. The van der Waals surface area contributed by atoms with Crippen LogP contribution in [0.2, 0.25) is 5.02 Å². The number of aryl methyl sites for hydroxylation is 1. The first kappa shape index (κ1) is 22.1. The minimum Gasteiger partial charge on any atom is -0.384 e. The molecular weight excluding hydrogens is 448 g/mol. The lowest BCUT2D eigenvalue weighted by Gasteiger charge is -2.43. The second kappa shape index (κ2) is 7.76. The van der Waals surface area contributed by atoms with Crippen LogP contribution in [-0.2, 0) is 4.79 Å². The number of benzene rings is 1. The van der Waals surface area contributed by atoms with Crippen LogP contribution in [0.25, 0.3) is 0 Å². The van der Waals surface area contributed by atoms with Crippen LogP contribution in [0, 0.1) is 33.8 Å². The highest BCUT2D eigenvalue weighted by molar-refractivity contribution is 7.12. The lowest BCUT2D eigenvalue weighted by atomic mass is 9.69. The van der Waals surface area contributed by atoms with Gasteiger partial charge in [-0.15, -0.1) is 11.3 Å². The normalized spacial score (nSPS) is 20.3. The summed E-state index contributed by atoms with van der Waals surface area (Å²) in [6, 6.07) is 10.5. The van der Waals surface area contributed by atoms with E-state index < -0.39 is 10.8 Å². The lowest BCUT2D eigenvalue weighted by molar-refractivity contribution is -0.384. The van der Waals surface area contributed by atoms with E-state index in [-0.39, 0.29) is 33.3 Å². The third kappa shape index (κ3) is 3.57. The molecule has 0 saturated carbocycles. The van der Waals surface area contributed by atoms with E-state index in [1.165, 1.54) is 23.5 Å². The molecule has 1 atom stereocenters. The van der Waals surface area contributed by atoms with Gasteiger partial charge in [0.15, 0.2) is 5.78 Å². The zero-order valence-electron chi connectivity index (χ0n) is 17.8. The summed E-state index contributed by atoms with van der Waals surface area (Å²) in [5, 5.41) is 21.5. The van der Waals surface area contributed by atoms with Crippen molar-refractivity contribution >= 4 is 40.1 Å². The molecule has 164 valence electrons. The number of ketones is 1. The van der Waals surface area contributed by atoms with Gasteiger partial charge in [-0.1, -0.05) is 25.4 Å². The standard InChI is InChI=1S/C23H21ClN4O3S/c1-12-4-7-19(32-12)20-14(11-25)22(26)27(13-5-6-15(24)16(8-13)28(30)31)17-9-23(2,3)10-18(29)21(17)20/h4-8,20H,9-10,26H2,1-3H3. The van der Waals surface area contributed by atoms with Crippen molar-refractivity contribution in [1.82, 2.24) is 0 Å². The van der Waals surface area contributed by atoms with Crippen LogP contribution in [0.1, 0.15) is 42.4 Å². The summed E-state index contributed by atoms with van der Waals surface area (Å²) >= 11 is 7.54. The van der Waals surface area contributed by atoms with Crippen LogP contribution < -0.4 is 10.6 Å². The van der Waals surface area contributed by atoms with Crippen molar-refractivity contribution in [2.45, 2.75) is 39.5 Å². The number of nitrogens with two attached hydrogens (primary N) is 1. The zero-order valence-corrected chi connectivity index (χ0v) is 19.4. The molecule has 4 rings (SSSR count). The Morgan fingerprint density at radius 3 is 2.62 bits per heavy atom. The number of carbonyl (C=O) groups is 1. The number of hydrogen-bond donors (Lipinski definition) is 1. The van der Waals surface area contributed by atoms with Crippen LogP contribution in [0.4, 0.5) is 11.4 Å². The first-order chi connectivity index (χ1) is 15.0. The lowest BCUT2D eigenvalue weighted by Crippen LogP contribution is -2.42. The number of Topliss-reactive ketones (excluding diaryl/α,β-unsaturated/α-hetero) is 1. The van der Waals surface area contributed by atoms with Gasteiger partial charge in [-0.05, 0) is 43.0 Å².